The number of fused-ring (bicyclic) bond motifs is 1. The molecule has 1 aliphatic carbocycles. The standard InChI is InChI=1S/C19H21N5O2/c1-11-16-12(2)23(15-7-5-4-6-8-15)22-17(16)19(26)24(21-11)13(3)18(25)20-14-9-10-14/h4-8,13-14H,9-10H2,1-3H3,(H,20,25)/t13-/m0/s1. The highest BCUT2D eigenvalue weighted by Crippen LogP contribution is 2.22. The largest absolute Gasteiger partial charge is 0.352 e. The number of amides is 1. The van der Waals surface area contributed by atoms with Crippen LogP contribution >= 0.6 is 0 Å². The van der Waals surface area contributed by atoms with Crippen LogP contribution in [0.15, 0.2) is 35.1 Å². The SMILES string of the molecule is Cc1nn([C@@H](C)C(=O)NC2CC2)c(=O)c2nn(-c3ccccc3)c(C)c12. The fourth-order valence-corrected chi connectivity index (χ4v) is 3.19. The Morgan fingerprint density at radius 1 is 1.19 bits per heavy atom. The molecule has 2 heterocycles. The average Bonchev–Trinajstić information content (AvgIpc) is 3.38. The third kappa shape index (κ3) is 2.69. The van der Waals surface area contributed by atoms with Gasteiger partial charge in [0, 0.05) is 6.04 Å². The summed E-state index contributed by atoms with van der Waals surface area (Å²) < 4.78 is 3.00. The van der Waals surface area contributed by atoms with Crippen molar-refractivity contribution in [2.75, 3.05) is 0 Å². The summed E-state index contributed by atoms with van der Waals surface area (Å²) in [5, 5.41) is 12.6. The van der Waals surface area contributed by atoms with Gasteiger partial charge in [-0.3, -0.25) is 9.59 Å². The maximum atomic E-state index is 13.0. The van der Waals surface area contributed by atoms with Crippen LogP contribution in [0.1, 0.15) is 37.2 Å². The van der Waals surface area contributed by atoms with Gasteiger partial charge in [-0.15, -0.1) is 0 Å². The van der Waals surface area contributed by atoms with Crippen molar-refractivity contribution in [2.24, 2.45) is 0 Å². The van der Waals surface area contributed by atoms with Crippen LogP contribution in [0.3, 0.4) is 0 Å². The minimum Gasteiger partial charge on any atom is -0.352 e. The zero-order valence-corrected chi connectivity index (χ0v) is 15.1. The van der Waals surface area contributed by atoms with Crippen LogP contribution in [-0.2, 0) is 4.79 Å². The number of nitrogens with zero attached hydrogens (tertiary/aromatic N) is 4. The summed E-state index contributed by atoms with van der Waals surface area (Å²) in [6.45, 7) is 5.45. The fraction of sp³-hybridized carbons (Fsp3) is 0.368. The Balaban J connectivity index is 1.84. The average molecular weight is 351 g/mol. The van der Waals surface area contributed by atoms with Crippen molar-refractivity contribution in [1.82, 2.24) is 24.9 Å². The second-order valence-electron chi connectivity index (χ2n) is 6.85. The summed E-state index contributed by atoms with van der Waals surface area (Å²) in [6.07, 6.45) is 2.00. The molecule has 0 aliphatic heterocycles. The van der Waals surface area contributed by atoms with Crippen molar-refractivity contribution in [3.05, 3.63) is 52.1 Å². The van der Waals surface area contributed by atoms with E-state index in [2.05, 4.69) is 15.5 Å². The molecule has 1 aromatic carbocycles. The zero-order chi connectivity index (χ0) is 18.4. The molecule has 1 N–H and O–H groups in total. The monoisotopic (exact) mass is 351 g/mol. The van der Waals surface area contributed by atoms with Crippen molar-refractivity contribution in [3.8, 4) is 5.69 Å². The lowest BCUT2D eigenvalue weighted by Gasteiger charge is -2.14. The molecule has 0 spiro atoms. The van der Waals surface area contributed by atoms with Gasteiger partial charge in [0.2, 0.25) is 5.91 Å². The van der Waals surface area contributed by atoms with E-state index in [-0.39, 0.29) is 17.5 Å². The van der Waals surface area contributed by atoms with E-state index in [0.717, 1.165) is 29.6 Å². The Morgan fingerprint density at radius 3 is 2.54 bits per heavy atom. The van der Waals surface area contributed by atoms with Crippen molar-refractivity contribution in [3.63, 3.8) is 0 Å². The number of para-hydroxylation sites is 1. The third-order valence-corrected chi connectivity index (χ3v) is 4.82. The lowest BCUT2D eigenvalue weighted by atomic mass is 10.2. The van der Waals surface area contributed by atoms with Crippen LogP contribution in [-0.4, -0.2) is 31.5 Å². The van der Waals surface area contributed by atoms with Crippen LogP contribution in [0.2, 0.25) is 0 Å². The second kappa shape index (κ2) is 6.09. The Morgan fingerprint density at radius 2 is 1.88 bits per heavy atom. The number of aromatic nitrogens is 4. The first-order chi connectivity index (χ1) is 12.5. The molecule has 2 aromatic heterocycles. The summed E-state index contributed by atoms with van der Waals surface area (Å²) in [4.78, 5) is 25.3. The molecule has 3 aromatic rings. The van der Waals surface area contributed by atoms with Crippen LogP contribution in [0.25, 0.3) is 16.6 Å². The zero-order valence-electron chi connectivity index (χ0n) is 15.1. The molecule has 7 heteroatoms. The Bertz CT molecular complexity index is 1050. The molecular weight excluding hydrogens is 330 g/mol. The topological polar surface area (TPSA) is 81.8 Å². The molecular formula is C19H21N5O2. The quantitative estimate of drug-likeness (QED) is 0.780. The van der Waals surface area contributed by atoms with E-state index in [4.69, 9.17) is 0 Å². The Hall–Kier alpha value is -2.96. The fourth-order valence-electron chi connectivity index (χ4n) is 3.19. The van der Waals surface area contributed by atoms with Crippen LogP contribution in [0, 0.1) is 13.8 Å². The van der Waals surface area contributed by atoms with Gasteiger partial charge in [-0.1, -0.05) is 18.2 Å². The Kier molecular flexibility index (Phi) is 3.86. The minimum absolute atomic E-state index is 0.180. The molecule has 0 bridgehead atoms. The number of hydrogen-bond donors (Lipinski definition) is 1. The van der Waals surface area contributed by atoms with Gasteiger partial charge in [0.15, 0.2) is 5.52 Å². The van der Waals surface area contributed by atoms with Gasteiger partial charge >= 0.3 is 0 Å². The number of carbonyl (C=O) groups excluding carboxylic acids is 1. The van der Waals surface area contributed by atoms with Gasteiger partial charge in [0.25, 0.3) is 5.56 Å². The van der Waals surface area contributed by atoms with E-state index in [1.165, 1.54) is 4.68 Å². The van der Waals surface area contributed by atoms with Gasteiger partial charge in [0.1, 0.15) is 6.04 Å². The summed E-state index contributed by atoms with van der Waals surface area (Å²) in [5.41, 5.74) is 2.42. The molecule has 4 rings (SSSR count). The summed E-state index contributed by atoms with van der Waals surface area (Å²) in [5.74, 6) is -0.180. The number of carbonyl (C=O) groups is 1. The van der Waals surface area contributed by atoms with Crippen LogP contribution < -0.4 is 10.9 Å². The summed E-state index contributed by atoms with van der Waals surface area (Å²) in [7, 11) is 0. The van der Waals surface area contributed by atoms with E-state index in [0.29, 0.717) is 11.2 Å². The molecule has 1 fully saturated rings. The molecule has 7 nitrogen and oxygen atoms in total. The molecule has 1 amide bonds. The molecule has 0 radical (unpaired) electrons. The van der Waals surface area contributed by atoms with Crippen molar-refractivity contribution < 1.29 is 4.79 Å². The number of rotatable bonds is 4. The number of nitrogens with one attached hydrogen (secondary N) is 1. The maximum absolute atomic E-state index is 13.0. The van der Waals surface area contributed by atoms with Gasteiger partial charge in [-0.05, 0) is 45.7 Å². The maximum Gasteiger partial charge on any atom is 0.295 e. The second-order valence-corrected chi connectivity index (χ2v) is 6.85. The molecule has 0 unspecified atom stereocenters. The summed E-state index contributed by atoms with van der Waals surface area (Å²) >= 11 is 0. The first kappa shape index (κ1) is 16.5. The highest BCUT2D eigenvalue weighted by Gasteiger charge is 2.28. The highest BCUT2D eigenvalue weighted by atomic mass is 16.2. The van der Waals surface area contributed by atoms with E-state index in [9.17, 15) is 9.59 Å². The lowest BCUT2D eigenvalue weighted by Crippen LogP contribution is -2.38. The van der Waals surface area contributed by atoms with Gasteiger partial charge in [0.05, 0.1) is 22.5 Å². The first-order valence-electron chi connectivity index (χ1n) is 8.82. The smallest absolute Gasteiger partial charge is 0.295 e. The Labute approximate surface area is 150 Å². The van der Waals surface area contributed by atoms with E-state index in [1.54, 1.807) is 11.6 Å². The van der Waals surface area contributed by atoms with E-state index in [1.807, 2.05) is 44.2 Å². The molecule has 1 aliphatic rings. The number of benzene rings is 1. The van der Waals surface area contributed by atoms with E-state index >= 15 is 0 Å². The predicted octanol–water partition coefficient (Wildman–Crippen LogP) is 2.04. The van der Waals surface area contributed by atoms with Crippen LogP contribution in [0.5, 0.6) is 0 Å². The van der Waals surface area contributed by atoms with Crippen molar-refractivity contribution >= 4 is 16.8 Å². The van der Waals surface area contributed by atoms with Gasteiger partial charge < -0.3 is 5.32 Å². The van der Waals surface area contributed by atoms with Gasteiger partial charge in [-0.25, -0.2) is 9.36 Å². The molecule has 134 valence electrons. The molecule has 26 heavy (non-hydrogen) atoms. The molecule has 1 atom stereocenters. The minimum atomic E-state index is -0.673. The first-order valence-corrected chi connectivity index (χ1v) is 8.82. The summed E-state index contributed by atoms with van der Waals surface area (Å²) in [6, 6.07) is 9.22. The lowest BCUT2D eigenvalue weighted by molar-refractivity contribution is -0.124. The molecule has 0 saturated heterocycles. The number of aryl methyl sites for hydroxylation is 2. The predicted molar refractivity (Wildman–Crippen MR) is 98.5 cm³/mol. The van der Waals surface area contributed by atoms with Crippen LogP contribution in [0.4, 0.5) is 0 Å². The third-order valence-electron chi connectivity index (χ3n) is 4.82. The van der Waals surface area contributed by atoms with E-state index < -0.39 is 6.04 Å². The highest BCUT2D eigenvalue weighted by molar-refractivity contribution is 5.84. The van der Waals surface area contributed by atoms with Crippen molar-refractivity contribution in [2.45, 2.75) is 45.7 Å². The number of hydrogen-bond acceptors (Lipinski definition) is 4. The molecule has 1 saturated carbocycles. The van der Waals surface area contributed by atoms with Gasteiger partial charge in [-0.2, -0.15) is 10.2 Å². The normalized spacial score (nSPS) is 15.2. The van der Waals surface area contributed by atoms with Crippen molar-refractivity contribution in [1.29, 1.82) is 0 Å².